The zero-order chi connectivity index (χ0) is 21.4. The van der Waals surface area contributed by atoms with Gasteiger partial charge in [-0.05, 0) is 31.0 Å². The lowest BCUT2D eigenvalue weighted by Crippen LogP contribution is -2.47. The minimum atomic E-state index is -0.870. The number of carbonyl (C=O) groups is 3. The van der Waals surface area contributed by atoms with Crippen molar-refractivity contribution in [2.45, 2.75) is 46.2 Å². The second-order valence-electron chi connectivity index (χ2n) is 8.17. The standard InChI is InChI=1S/C22H26N4O3S/c1-4-25-10-9-16-18(12-25)30-22(23-16)24-19(27)17(11-13(2)3)26-20(28)14-7-5-6-8-15(14)21(26)29/h5-8,13,17H,4,9-12H2,1-3H3,(H,23,24,27). The third kappa shape index (κ3) is 3.77. The number of imide groups is 1. The molecule has 0 fully saturated rings. The lowest BCUT2D eigenvalue weighted by Gasteiger charge is -2.26. The monoisotopic (exact) mass is 426 g/mol. The lowest BCUT2D eigenvalue weighted by molar-refractivity contribution is -0.120. The van der Waals surface area contributed by atoms with Crippen LogP contribution in [0.15, 0.2) is 24.3 Å². The highest BCUT2D eigenvalue weighted by Crippen LogP contribution is 2.30. The SMILES string of the molecule is CCN1CCc2nc(NC(=O)C(CC(C)C)N3C(=O)c4ccccc4C3=O)sc2C1. The minimum absolute atomic E-state index is 0.132. The molecule has 0 saturated carbocycles. The number of rotatable bonds is 6. The minimum Gasteiger partial charge on any atom is -0.300 e. The van der Waals surface area contributed by atoms with Crippen molar-refractivity contribution < 1.29 is 14.4 Å². The number of carbonyl (C=O) groups excluding carboxylic acids is 3. The zero-order valence-electron chi connectivity index (χ0n) is 17.5. The van der Waals surface area contributed by atoms with E-state index in [9.17, 15) is 14.4 Å². The normalized spacial score (nSPS) is 17.3. The molecule has 30 heavy (non-hydrogen) atoms. The fourth-order valence-corrected chi connectivity index (χ4v) is 5.08. The Morgan fingerprint density at radius 3 is 2.47 bits per heavy atom. The molecule has 2 aromatic rings. The average Bonchev–Trinajstić information content (AvgIpc) is 3.24. The highest BCUT2D eigenvalue weighted by atomic mass is 32.1. The van der Waals surface area contributed by atoms with Crippen LogP contribution < -0.4 is 5.32 Å². The number of nitrogens with one attached hydrogen (secondary N) is 1. The van der Waals surface area contributed by atoms with E-state index < -0.39 is 17.9 Å². The molecule has 0 radical (unpaired) electrons. The Morgan fingerprint density at radius 2 is 1.87 bits per heavy atom. The van der Waals surface area contributed by atoms with Gasteiger partial charge in [-0.3, -0.25) is 24.2 Å². The summed E-state index contributed by atoms with van der Waals surface area (Å²) >= 11 is 1.48. The molecule has 1 atom stereocenters. The van der Waals surface area contributed by atoms with E-state index in [1.165, 1.54) is 16.2 Å². The molecule has 0 saturated heterocycles. The van der Waals surface area contributed by atoms with Crippen molar-refractivity contribution in [2.24, 2.45) is 5.92 Å². The van der Waals surface area contributed by atoms with Gasteiger partial charge in [-0.15, -0.1) is 11.3 Å². The number of hydrogen-bond donors (Lipinski definition) is 1. The third-order valence-corrected chi connectivity index (χ3v) is 6.62. The van der Waals surface area contributed by atoms with Gasteiger partial charge in [-0.1, -0.05) is 32.9 Å². The number of likely N-dealkylation sites (N-methyl/N-ethyl adjacent to an activating group) is 1. The van der Waals surface area contributed by atoms with Gasteiger partial charge in [0.1, 0.15) is 6.04 Å². The van der Waals surface area contributed by atoms with Crippen LogP contribution in [0, 0.1) is 5.92 Å². The van der Waals surface area contributed by atoms with Crippen LogP contribution in [0.2, 0.25) is 0 Å². The van der Waals surface area contributed by atoms with Crippen LogP contribution in [0.4, 0.5) is 5.13 Å². The second kappa shape index (κ2) is 8.28. The van der Waals surface area contributed by atoms with Crippen LogP contribution in [-0.2, 0) is 17.8 Å². The van der Waals surface area contributed by atoms with Gasteiger partial charge in [0, 0.05) is 24.4 Å². The van der Waals surface area contributed by atoms with E-state index in [1.807, 2.05) is 13.8 Å². The first-order chi connectivity index (χ1) is 14.4. The molecule has 2 aliphatic rings. The molecule has 8 heteroatoms. The molecule has 3 heterocycles. The Bertz CT molecular complexity index is 965. The summed E-state index contributed by atoms with van der Waals surface area (Å²) in [6.07, 6.45) is 1.26. The highest BCUT2D eigenvalue weighted by Gasteiger charge is 2.43. The lowest BCUT2D eigenvalue weighted by atomic mass is 10.0. The molecular formula is C22H26N4O3S. The molecule has 1 unspecified atom stereocenters. The van der Waals surface area contributed by atoms with Crippen LogP contribution in [0.25, 0.3) is 0 Å². The zero-order valence-corrected chi connectivity index (χ0v) is 18.3. The van der Waals surface area contributed by atoms with Crippen LogP contribution in [0.3, 0.4) is 0 Å². The molecule has 0 aliphatic carbocycles. The van der Waals surface area contributed by atoms with Gasteiger partial charge < -0.3 is 5.32 Å². The molecule has 4 rings (SSSR count). The largest absolute Gasteiger partial charge is 0.300 e. The van der Waals surface area contributed by atoms with Crippen LogP contribution in [-0.4, -0.2) is 51.6 Å². The van der Waals surface area contributed by atoms with E-state index in [0.29, 0.717) is 22.7 Å². The quantitative estimate of drug-likeness (QED) is 0.718. The summed E-state index contributed by atoms with van der Waals surface area (Å²) in [7, 11) is 0. The molecule has 1 aromatic carbocycles. The molecular weight excluding hydrogens is 400 g/mol. The van der Waals surface area contributed by atoms with Gasteiger partial charge >= 0.3 is 0 Å². The number of amides is 3. The summed E-state index contributed by atoms with van der Waals surface area (Å²) in [6.45, 7) is 8.86. The maximum Gasteiger partial charge on any atom is 0.262 e. The fraction of sp³-hybridized carbons (Fsp3) is 0.455. The van der Waals surface area contributed by atoms with Crippen molar-refractivity contribution in [3.63, 3.8) is 0 Å². The fourth-order valence-electron chi connectivity index (χ4n) is 4.03. The van der Waals surface area contributed by atoms with Crippen molar-refractivity contribution in [2.75, 3.05) is 18.4 Å². The van der Waals surface area contributed by atoms with Crippen molar-refractivity contribution in [1.82, 2.24) is 14.8 Å². The van der Waals surface area contributed by atoms with Crippen LogP contribution in [0.5, 0.6) is 0 Å². The molecule has 1 N–H and O–H groups in total. The average molecular weight is 427 g/mol. The molecule has 1 aromatic heterocycles. The predicted molar refractivity (Wildman–Crippen MR) is 116 cm³/mol. The smallest absolute Gasteiger partial charge is 0.262 e. The van der Waals surface area contributed by atoms with E-state index in [0.717, 1.165) is 36.6 Å². The third-order valence-electron chi connectivity index (χ3n) is 5.62. The first-order valence-corrected chi connectivity index (χ1v) is 11.2. The van der Waals surface area contributed by atoms with Gasteiger partial charge in [-0.25, -0.2) is 4.98 Å². The van der Waals surface area contributed by atoms with E-state index in [-0.39, 0.29) is 11.8 Å². The van der Waals surface area contributed by atoms with Crippen molar-refractivity contribution in [1.29, 1.82) is 0 Å². The Balaban J connectivity index is 1.57. The Labute approximate surface area is 180 Å². The number of fused-ring (bicyclic) bond motifs is 2. The predicted octanol–water partition coefficient (Wildman–Crippen LogP) is 3.17. The summed E-state index contributed by atoms with van der Waals surface area (Å²) in [5.74, 6) is -1.05. The number of nitrogens with zero attached hydrogens (tertiary/aromatic N) is 3. The van der Waals surface area contributed by atoms with E-state index in [2.05, 4.69) is 22.1 Å². The second-order valence-corrected chi connectivity index (χ2v) is 9.25. The first-order valence-electron chi connectivity index (χ1n) is 10.4. The summed E-state index contributed by atoms with van der Waals surface area (Å²) in [5.41, 5.74) is 1.74. The summed E-state index contributed by atoms with van der Waals surface area (Å²) < 4.78 is 0. The maximum atomic E-state index is 13.2. The Morgan fingerprint density at radius 1 is 1.20 bits per heavy atom. The van der Waals surface area contributed by atoms with E-state index in [4.69, 9.17) is 0 Å². The van der Waals surface area contributed by atoms with Gasteiger partial charge in [0.25, 0.3) is 11.8 Å². The van der Waals surface area contributed by atoms with Crippen LogP contribution >= 0.6 is 11.3 Å². The first kappa shape index (κ1) is 20.7. The van der Waals surface area contributed by atoms with Crippen molar-refractivity contribution in [3.05, 3.63) is 46.0 Å². The van der Waals surface area contributed by atoms with Gasteiger partial charge in [0.2, 0.25) is 5.91 Å². The van der Waals surface area contributed by atoms with Crippen molar-refractivity contribution >= 4 is 34.2 Å². The van der Waals surface area contributed by atoms with Gasteiger partial charge in [0.15, 0.2) is 5.13 Å². The molecule has 3 amide bonds. The van der Waals surface area contributed by atoms with E-state index in [1.54, 1.807) is 24.3 Å². The summed E-state index contributed by atoms with van der Waals surface area (Å²) in [5, 5.41) is 3.42. The Hall–Kier alpha value is -2.58. The summed E-state index contributed by atoms with van der Waals surface area (Å²) in [6, 6.07) is 5.85. The number of aromatic nitrogens is 1. The maximum absolute atomic E-state index is 13.2. The van der Waals surface area contributed by atoms with Gasteiger partial charge in [0.05, 0.1) is 16.8 Å². The van der Waals surface area contributed by atoms with Crippen molar-refractivity contribution in [3.8, 4) is 0 Å². The molecule has 7 nitrogen and oxygen atoms in total. The molecule has 0 bridgehead atoms. The van der Waals surface area contributed by atoms with E-state index >= 15 is 0 Å². The Kier molecular flexibility index (Phi) is 5.71. The number of thiazole rings is 1. The number of hydrogen-bond acceptors (Lipinski definition) is 6. The van der Waals surface area contributed by atoms with Gasteiger partial charge in [-0.2, -0.15) is 0 Å². The number of anilines is 1. The topological polar surface area (TPSA) is 82.6 Å². The molecule has 158 valence electrons. The molecule has 0 spiro atoms. The summed E-state index contributed by atoms with van der Waals surface area (Å²) in [4.78, 5) is 48.3. The van der Waals surface area contributed by atoms with Crippen LogP contribution in [0.1, 0.15) is 58.5 Å². The molecule has 2 aliphatic heterocycles. The number of benzene rings is 1. The highest BCUT2D eigenvalue weighted by molar-refractivity contribution is 7.15.